The van der Waals surface area contributed by atoms with Gasteiger partial charge in [0.2, 0.25) is 0 Å². The lowest BCUT2D eigenvalue weighted by Gasteiger charge is -2.17. The highest BCUT2D eigenvalue weighted by atomic mass is 19.3. The number of aromatic nitrogens is 1. The Balaban J connectivity index is 2.06. The quantitative estimate of drug-likeness (QED) is 0.872. The molecule has 1 aliphatic carbocycles. The standard InChI is InChI=1S/C16H13F2N3O/c17-16(18)22-12-5-6-14-13(7-12)15(10(8-19)9-20-14)21-11-3-1-2-4-11/h1-2,5-7,9,11,16H,3-4H2,(H,20,21). The molecule has 1 N–H and O–H groups in total. The van der Waals surface area contributed by atoms with Crippen molar-refractivity contribution >= 4 is 16.6 Å². The van der Waals surface area contributed by atoms with E-state index in [9.17, 15) is 14.0 Å². The fourth-order valence-electron chi connectivity index (χ4n) is 2.53. The molecular weight excluding hydrogens is 288 g/mol. The topological polar surface area (TPSA) is 57.9 Å². The Hall–Kier alpha value is -2.68. The van der Waals surface area contributed by atoms with Gasteiger partial charge in [-0.25, -0.2) is 0 Å². The number of nitriles is 1. The number of fused-ring (bicyclic) bond motifs is 1. The summed E-state index contributed by atoms with van der Waals surface area (Å²) in [5.41, 5.74) is 1.61. The van der Waals surface area contributed by atoms with Gasteiger partial charge in [-0.3, -0.25) is 4.98 Å². The number of ether oxygens (including phenoxy) is 1. The van der Waals surface area contributed by atoms with Crippen molar-refractivity contribution in [2.24, 2.45) is 0 Å². The van der Waals surface area contributed by atoms with Gasteiger partial charge in [0, 0.05) is 17.6 Å². The summed E-state index contributed by atoms with van der Waals surface area (Å²) < 4.78 is 29.2. The number of halogens is 2. The lowest BCUT2D eigenvalue weighted by atomic mass is 10.1. The van der Waals surface area contributed by atoms with Crippen LogP contribution in [0.2, 0.25) is 0 Å². The molecule has 6 heteroatoms. The summed E-state index contributed by atoms with van der Waals surface area (Å²) in [7, 11) is 0. The number of nitrogens with one attached hydrogen (secondary N) is 1. The molecule has 0 atom stereocenters. The van der Waals surface area contributed by atoms with Crippen LogP contribution in [0, 0.1) is 11.3 Å². The Labute approximate surface area is 126 Å². The van der Waals surface area contributed by atoms with Gasteiger partial charge in [-0.15, -0.1) is 0 Å². The van der Waals surface area contributed by atoms with E-state index in [-0.39, 0.29) is 11.8 Å². The lowest BCUT2D eigenvalue weighted by molar-refractivity contribution is -0.0497. The molecule has 4 nitrogen and oxygen atoms in total. The summed E-state index contributed by atoms with van der Waals surface area (Å²) in [6.07, 6.45) is 7.35. The predicted octanol–water partition coefficient (Wildman–Crippen LogP) is 3.84. The van der Waals surface area contributed by atoms with Gasteiger partial charge in [0.05, 0.1) is 16.8 Å². The number of hydrogen-bond acceptors (Lipinski definition) is 4. The molecule has 0 saturated heterocycles. The minimum atomic E-state index is -2.89. The van der Waals surface area contributed by atoms with Crippen LogP contribution in [0.3, 0.4) is 0 Å². The average Bonchev–Trinajstić information content (AvgIpc) is 3.00. The summed E-state index contributed by atoms with van der Waals surface area (Å²) in [5.74, 6) is 0.0481. The van der Waals surface area contributed by atoms with Crippen LogP contribution >= 0.6 is 0 Å². The third-order valence-electron chi connectivity index (χ3n) is 3.54. The van der Waals surface area contributed by atoms with E-state index in [1.807, 2.05) is 0 Å². The lowest BCUT2D eigenvalue weighted by Crippen LogP contribution is -2.16. The summed E-state index contributed by atoms with van der Waals surface area (Å²) >= 11 is 0. The second-order valence-corrected chi connectivity index (χ2v) is 5.00. The maximum Gasteiger partial charge on any atom is 0.387 e. The summed E-state index contributed by atoms with van der Waals surface area (Å²) in [5, 5.41) is 13.2. The SMILES string of the molecule is N#Cc1cnc2ccc(OC(F)F)cc2c1NC1CC=CC1. The van der Waals surface area contributed by atoms with Crippen LogP contribution in [0.1, 0.15) is 18.4 Å². The van der Waals surface area contributed by atoms with Crippen LogP contribution in [0.4, 0.5) is 14.5 Å². The smallest absolute Gasteiger partial charge is 0.387 e. The van der Waals surface area contributed by atoms with Crippen molar-refractivity contribution in [2.45, 2.75) is 25.5 Å². The molecule has 0 amide bonds. The Morgan fingerprint density at radius 1 is 1.32 bits per heavy atom. The fraction of sp³-hybridized carbons (Fsp3) is 0.250. The van der Waals surface area contributed by atoms with Crippen LogP contribution in [0.25, 0.3) is 10.9 Å². The van der Waals surface area contributed by atoms with Gasteiger partial charge >= 0.3 is 6.61 Å². The number of nitrogens with zero attached hydrogens (tertiary/aromatic N) is 2. The molecule has 1 aliphatic rings. The second kappa shape index (κ2) is 5.98. The Morgan fingerprint density at radius 2 is 2.09 bits per heavy atom. The zero-order chi connectivity index (χ0) is 15.5. The van der Waals surface area contributed by atoms with Crippen LogP contribution in [-0.2, 0) is 0 Å². The second-order valence-electron chi connectivity index (χ2n) is 5.00. The Bertz CT molecular complexity index is 760. The van der Waals surface area contributed by atoms with Crippen LogP contribution in [0.5, 0.6) is 5.75 Å². The molecule has 3 rings (SSSR count). The highest BCUT2D eigenvalue weighted by Crippen LogP contribution is 2.31. The molecule has 0 aliphatic heterocycles. The van der Waals surface area contributed by atoms with E-state index >= 15 is 0 Å². The van der Waals surface area contributed by atoms with E-state index in [1.54, 1.807) is 6.07 Å². The van der Waals surface area contributed by atoms with Gasteiger partial charge in [0.15, 0.2) is 0 Å². The van der Waals surface area contributed by atoms with E-state index in [4.69, 9.17) is 0 Å². The zero-order valence-electron chi connectivity index (χ0n) is 11.6. The first-order valence-electron chi connectivity index (χ1n) is 6.86. The minimum absolute atomic E-state index is 0.0481. The molecule has 0 bridgehead atoms. The van der Waals surface area contributed by atoms with Crippen LogP contribution < -0.4 is 10.1 Å². The molecule has 0 unspecified atom stereocenters. The van der Waals surface area contributed by atoms with Crippen LogP contribution in [-0.4, -0.2) is 17.6 Å². The fourth-order valence-corrected chi connectivity index (χ4v) is 2.53. The van der Waals surface area contributed by atoms with Crippen molar-refractivity contribution in [2.75, 3.05) is 5.32 Å². The van der Waals surface area contributed by atoms with Crippen molar-refractivity contribution in [3.8, 4) is 11.8 Å². The number of rotatable bonds is 4. The molecule has 1 aromatic carbocycles. The monoisotopic (exact) mass is 301 g/mol. The first-order chi connectivity index (χ1) is 10.7. The summed E-state index contributed by atoms with van der Waals surface area (Å²) in [6.45, 7) is -2.89. The third kappa shape index (κ3) is 2.84. The van der Waals surface area contributed by atoms with Crippen molar-refractivity contribution in [1.29, 1.82) is 5.26 Å². The van der Waals surface area contributed by atoms with E-state index < -0.39 is 6.61 Å². The third-order valence-corrected chi connectivity index (χ3v) is 3.54. The van der Waals surface area contributed by atoms with E-state index in [0.29, 0.717) is 22.2 Å². The molecule has 2 aromatic rings. The minimum Gasteiger partial charge on any atom is -0.435 e. The average molecular weight is 301 g/mol. The van der Waals surface area contributed by atoms with Gasteiger partial charge in [0.1, 0.15) is 11.8 Å². The van der Waals surface area contributed by atoms with Gasteiger partial charge < -0.3 is 10.1 Å². The van der Waals surface area contributed by atoms with E-state index in [0.717, 1.165) is 12.8 Å². The summed E-state index contributed by atoms with van der Waals surface area (Å²) in [6, 6.07) is 6.81. The van der Waals surface area contributed by atoms with Gasteiger partial charge in [0.25, 0.3) is 0 Å². The van der Waals surface area contributed by atoms with Crippen molar-refractivity contribution in [3.05, 3.63) is 42.1 Å². The molecule has 112 valence electrons. The van der Waals surface area contributed by atoms with E-state index in [1.165, 1.54) is 18.3 Å². The molecule has 0 radical (unpaired) electrons. The Morgan fingerprint density at radius 3 is 2.77 bits per heavy atom. The van der Waals surface area contributed by atoms with E-state index in [2.05, 4.69) is 33.3 Å². The Kier molecular flexibility index (Phi) is 3.88. The number of pyridine rings is 1. The predicted molar refractivity (Wildman–Crippen MR) is 78.9 cm³/mol. The number of hydrogen-bond donors (Lipinski definition) is 1. The highest BCUT2D eigenvalue weighted by molar-refractivity contribution is 5.95. The van der Waals surface area contributed by atoms with Gasteiger partial charge in [-0.1, -0.05) is 12.2 Å². The molecule has 1 heterocycles. The van der Waals surface area contributed by atoms with Crippen molar-refractivity contribution in [3.63, 3.8) is 0 Å². The largest absolute Gasteiger partial charge is 0.435 e. The first kappa shape index (κ1) is 14.3. The van der Waals surface area contributed by atoms with Gasteiger partial charge in [-0.05, 0) is 31.0 Å². The number of benzene rings is 1. The number of alkyl halides is 2. The summed E-state index contributed by atoms with van der Waals surface area (Å²) in [4.78, 5) is 4.19. The van der Waals surface area contributed by atoms with Gasteiger partial charge in [-0.2, -0.15) is 14.0 Å². The van der Waals surface area contributed by atoms with Crippen LogP contribution in [0.15, 0.2) is 36.5 Å². The zero-order valence-corrected chi connectivity index (χ0v) is 11.6. The molecule has 0 saturated carbocycles. The normalized spacial score (nSPS) is 14.5. The molecule has 22 heavy (non-hydrogen) atoms. The molecule has 1 aromatic heterocycles. The highest BCUT2D eigenvalue weighted by Gasteiger charge is 2.16. The van der Waals surface area contributed by atoms with Crippen molar-refractivity contribution < 1.29 is 13.5 Å². The molecular formula is C16H13F2N3O. The van der Waals surface area contributed by atoms with Crippen molar-refractivity contribution in [1.82, 2.24) is 4.98 Å². The molecule has 0 fully saturated rings. The molecule has 0 spiro atoms. The maximum absolute atomic E-state index is 12.4. The first-order valence-corrected chi connectivity index (χ1v) is 6.86. The number of anilines is 1. The maximum atomic E-state index is 12.4.